The fourth-order valence-corrected chi connectivity index (χ4v) is 2.69. The normalized spacial score (nSPS) is 17.6. The van der Waals surface area contributed by atoms with E-state index in [-0.39, 0.29) is 19.1 Å². The van der Waals surface area contributed by atoms with Crippen molar-refractivity contribution < 1.29 is 18.5 Å². The van der Waals surface area contributed by atoms with Crippen LogP contribution in [0, 0.1) is 0 Å². The van der Waals surface area contributed by atoms with E-state index in [2.05, 4.69) is 16.0 Å². The van der Waals surface area contributed by atoms with E-state index >= 15 is 0 Å². The standard InChI is InChI=1S/C9H9NO.2C5H10N.2ClH.Cr/c11-8-5-1-3-7-4-2-6-10-9(7)8;2*1-2-4-6-5-3-1;;;/h1-5,10-11H,6H2;2*1-5H2;2*1H;/q;2*-1;;;+2/p-3. The minimum absolute atomic E-state index is 0.0758. The van der Waals surface area contributed by atoms with Crippen LogP contribution in [0.3, 0.4) is 0 Å². The van der Waals surface area contributed by atoms with Gasteiger partial charge in [0.05, 0.1) is 0 Å². The van der Waals surface area contributed by atoms with Crippen molar-refractivity contribution >= 4 is 31.9 Å². The average Bonchev–Trinajstić information content (AvgIpc) is 2.73. The van der Waals surface area contributed by atoms with Crippen molar-refractivity contribution in [1.29, 1.82) is 0 Å². The first-order chi connectivity index (χ1) is 12.8. The van der Waals surface area contributed by atoms with E-state index in [1.165, 1.54) is 38.5 Å². The summed E-state index contributed by atoms with van der Waals surface area (Å²) >= 11 is -0.181. The Morgan fingerprint density at radius 3 is 1.81 bits per heavy atom. The Morgan fingerprint density at radius 2 is 1.42 bits per heavy atom. The molecule has 2 saturated heterocycles. The summed E-state index contributed by atoms with van der Waals surface area (Å²) in [6.07, 6.45) is 12.1. The fraction of sp³-hybridized carbons (Fsp3) is 0.579. The zero-order valence-electron chi connectivity index (χ0n) is 15.1. The number of para-hydroxylation sites is 1. The van der Waals surface area contributed by atoms with E-state index in [4.69, 9.17) is 20.1 Å². The van der Waals surface area contributed by atoms with Gasteiger partial charge in [-0.3, -0.25) is 0 Å². The van der Waals surface area contributed by atoms with E-state index in [0.29, 0.717) is 0 Å². The molecule has 0 atom stereocenters. The number of nitrogens with one attached hydrogen (secondary N) is 1. The van der Waals surface area contributed by atoms with Gasteiger partial charge in [-0.1, -0.05) is 74.6 Å². The van der Waals surface area contributed by atoms with Crippen LogP contribution in [0.2, 0.25) is 0 Å². The van der Waals surface area contributed by atoms with Gasteiger partial charge in [0.2, 0.25) is 0 Å². The minimum Gasteiger partial charge on any atom is -0.871 e. The molecule has 0 aromatic heterocycles. The molecular formula is C19H28Cl2CrN3O-3. The monoisotopic (exact) mass is 436 g/mol. The van der Waals surface area contributed by atoms with Crippen LogP contribution in [-0.4, -0.2) is 32.7 Å². The van der Waals surface area contributed by atoms with Gasteiger partial charge in [0.1, 0.15) is 0 Å². The van der Waals surface area contributed by atoms with Crippen molar-refractivity contribution in [2.24, 2.45) is 0 Å². The largest absolute Gasteiger partial charge is 0.871 e. The number of hydrogen-bond donors (Lipinski definition) is 1. The molecule has 0 spiro atoms. The van der Waals surface area contributed by atoms with Crippen LogP contribution in [0.25, 0.3) is 16.7 Å². The molecule has 3 aliphatic heterocycles. The number of nitrogens with zero attached hydrogens (tertiary/aromatic N) is 2. The van der Waals surface area contributed by atoms with Gasteiger partial charge in [-0.05, 0) is 5.56 Å². The molecule has 1 aromatic carbocycles. The molecule has 4 rings (SSSR count). The van der Waals surface area contributed by atoms with E-state index in [9.17, 15) is 5.11 Å². The Labute approximate surface area is 172 Å². The van der Waals surface area contributed by atoms with Gasteiger partial charge in [0, 0.05) is 12.2 Å². The first-order valence-electron chi connectivity index (χ1n) is 9.16. The summed E-state index contributed by atoms with van der Waals surface area (Å²) in [7, 11) is 9.65. The summed E-state index contributed by atoms with van der Waals surface area (Å²) in [6.45, 7) is 5.26. The summed E-state index contributed by atoms with van der Waals surface area (Å²) < 4.78 is 0. The number of anilines is 1. The molecular weight excluding hydrogens is 409 g/mol. The molecule has 4 nitrogen and oxygen atoms in total. The van der Waals surface area contributed by atoms with Crippen molar-refractivity contribution in [3.8, 4) is 5.75 Å². The van der Waals surface area contributed by atoms with E-state index in [1.807, 2.05) is 18.2 Å². The Morgan fingerprint density at radius 1 is 0.885 bits per heavy atom. The summed E-state index contributed by atoms with van der Waals surface area (Å²) in [4.78, 5) is 0. The van der Waals surface area contributed by atoms with Gasteiger partial charge >= 0.3 is 33.5 Å². The van der Waals surface area contributed by atoms with E-state index in [1.54, 1.807) is 12.1 Å². The molecule has 7 heteroatoms. The zero-order chi connectivity index (χ0) is 18.9. The number of halogens is 2. The summed E-state index contributed by atoms with van der Waals surface area (Å²) in [5.74, 6) is 0.0758. The first-order valence-corrected chi connectivity index (χ1v) is 12.7. The maximum atomic E-state index is 11.2. The van der Waals surface area contributed by atoms with Gasteiger partial charge in [-0.25, -0.2) is 0 Å². The van der Waals surface area contributed by atoms with Crippen molar-refractivity contribution in [3.05, 3.63) is 40.5 Å². The Hall–Kier alpha value is -0.408. The Kier molecular flexibility index (Phi) is 15.2. The van der Waals surface area contributed by atoms with Crippen molar-refractivity contribution in [3.63, 3.8) is 0 Å². The number of rotatable bonds is 0. The van der Waals surface area contributed by atoms with Gasteiger partial charge in [-0.15, -0.1) is 26.2 Å². The topological polar surface area (TPSA) is 63.3 Å². The van der Waals surface area contributed by atoms with Crippen LogP contribution in [0.4, 0.5) is 5.69 Å². The average molecular weight is 437 g/mol. The molecule has 148 valence electrons. The van der Waals surface area contributed by atoms with Gasteiger partial charge in [0.25, 0.3) is 0 Å². The summed E-state index contributed by atoms with van der Waals surface area (Å²) in [5, 5.41) is 22.6. The summed E-state index contributed by atoms with van der Waals surface area (Å²) in [5.41, 5.74) is 1.72. The second-order valence-electron chi connectivity index (χ2n) is 6.02. The molecule has 0 bridgehead atoms. The fourth-order valence-electron chi connectivity index (χ4n) is 2.69. The molecule has 0 aliphatic carbocycles. The maximum Gasteiger partial charge on any atom is 0.0336 e. The summed E-state index contributed by atoms with van der Waals surface area (Å²) in [6, 6.07) is 5.28. The van der Waals surface area contributed by atoms with Crippen LogP contribution in [0.1, 0.15) is 44.1 Å². The van der Waals surface area contributed by atoms with Crippen LogP contribution in [0.15, 0.2) is 24.3 Å². The van der Waals surface area contributed by atoms with Crippen LogP contribution >= 0.6 is 20.1 Å². The number of piperidine rings is 2. The quantitative estimate of drug-likeness (QED) is 0.569. The molecule has 0 amide bonds. The smallest absolute Gasteiger partial charge is 0.0336 e. The maximum absolute atomic E-state index is 11.2. The number of benzene rings is 1. The number of fused-ring (bicyclic) bond motifs is 1. The SMILES string of the molecule is C1CC[N-]CC1.C1CC[N-]CC1.[Cl][Cr][Cl].[O-]c1cccc2c1NCC=C2. The number of hydrogen-bond acceptors (Lipinski definition) is 2. The van der Waals surface area contributed by atoms with Crippen molar-refractivity contribution in [2.45, 2.75) is 38.5 Å². The van der Waals surface area contributed by atoms with Gasteiger partial charge < -0.3 is 21.1 Å². The van der Waals surface area contributed by atoms with Crippen molar-refractivity contribution in [2.75, 3.05) is 38.0 Å². The molecule has 0 unspecified atom stereocenters. The first kappa shape index (κ1) is 23.6. The van der Waals surface area contributed by atoms with Gasteiger partial charge in [-0.2, -0.15) is 0 Å². The molecule has 2 fully saturated rings. The Bertz CT molecular complexity index is 461. The second-order valence-corrected chi connectivity index (χ2v) is 8.13. The third kappa shape index (κ3) is 11.3. The molecule has 0 saturated carbocycles. The van der Waals surface area contributed by atoms with Crippen LogP contribution in [-0.2, 0) is 13.4 Å². The van der Waals surface area contributed by atoms with Crippen molar-refractivity contribution in [1.82, 2.24) is 0 Å². The molecule has 3 heterocycles. The van der Waals surface area contributed by atoms with Gasteiger partial charge in [0.15, 0.2) is 0 Å². The zero-order valence-corrected chi connectivity index (χ0v) is 17.9. The molecule has 1 aromatic rings. The molecule has 1 N–H and O–H groups in total. The molecule has 26 heavy (non-hydrogen) atoms. The molecule has 3 aliphatic rings. The van der Waals surface area contributed by atoms with Crippen LogP contribution in [0.5, 0.6) is 5.75 Å². The second kappa shape index (κ2) is 16.7. The molecule has 0 radical (unpaired) electrons. The van der Waals surface area contributed by atoms with Crippen LogP contribution < -0.4 is 10.4 Å². The predicted molar refractivity (Wildman–Crippen MR) is 109 cm³/mol. The Balaban J connectivity index is 0.000000193. The van der Waals surface area contributed by atoms with E-state index < -0.39 is 0 Å². The third-order valence-corrected chi connectivity index (χ3v) is 4.02. The third-order valence-electron chi connectivity index (χ3n) is 4.02. The predicted octanol–water partition coefficient (Wildman–Crippen LogP) is 5.66. The minimum atomic E-state index is -0.181. The van der Waals surface area contributed by atoms with E-state index in [0.717, 1.165) is 44.0 Å².